The average molecular weight is 224 g/mol. The SMILES string of the molecule is O=C(O)C1C2C(=O)N(C3CCNC3)C(=O)C12. The van der Waals surface area contributed by atoms with Crippen LogP contribution in [0.15, 0.2) is 0 Å². The monoisotopic (exact) mass is 224 g/mol. The average Bonchev–Trinajstić information content (AvgIpc) is 2.67. The highest BCUT2D eigenvalue weighted by Crippen LogP contribution is 2.54. The molecule has 3 unspecified atom stereocenters. The molecule has 16 heavy (non-hydrogen) atoms. The maximum atomic E-state index is 11.9. The zero-order valence-corrected chi connectivity index (χ0v) is 8.55. The molecule has 0 spiro atoms. The van der Waals surface area contributed by atoms with Crippen LogP contribution in [0.1, 0.15) is 6.42 Å². The van der Waals surface area contributed by atoms with E-state index in [4.69, 9.17) is 5.11 Å². The Balaban J connectivity index is 1.79. The molecule has 2 N–H and O–H groups in total. The first-order valence-corrected chi connectivity index (χ1v) is 5.43. The van der Waals surface area contributed by atoms with Crippen molar-refractivity contribution in [3.8, 4) is 0 Å². The molecule has 1 aliphatic carbocycles. The van der Waals surface area contributed by atoms with E-state index in [0.29, 0.717) is 6.54 Å². The number of nitrogens with one attached hydrogen (secondary N) is 1. The summed E-state index contributed by atoms with van der Waals surface area (Å²) in [5.74, 6) is -3.50. The van der Waals surface area contributed by atoms with Gasteiger partial charge in [-0.3, -0.25) is 19.3 Å². The maximum absolute atomic E-state index is 11.9. The molecule has 0 aromatic heterocycles. The molecule has 86 valence electrons. The van der Waals surface area contributed by atoms with Crippen LogP contribution in [-0.2, 0) is 14.4 Å². The van der Waals surface area contributed by atoms with Gasteiger partial charge in [-0.05, 0) is 13.0 Å². The summed E-state index contributed by atoms with van der Waals surface area (Å²) in [6, 6.07) is -0.0674. The molecule has 1 saturated carbocycles. The Morgan fingerprint density at radius 3 is 2.38 bits per heavy atom. The van der Waals surface area contributed by atoms with Crippen molar-refractivity contribution in [2.75, 3.05) is 13.1 Å². The fourth-order valence-corrected chi connectivity index (χ4v) is 2.88. The first-order chi connectivity index (χ1) is 7.63. The van der Waals surface area contributed by atoms with E-state index in [-0.39, 0.29) is 17.9 Å². The summed E-state index contributed by atoms with van der Waals surface area (Å²) in [5, 5.41) is 11.9. The molecule has 2 aliphatic heterocycles. The standard InChI is InChI=1S/C10H12N2O4/c13-8-5-6(7(5)10(15)16)9(14)12(8)4-1-2-11-3-4/h4-7,11H,1-3H2,(H,15,16). The second kappa shape index (κ2) is 3.04. The van der Waals surface area contributed by atoms with Crippen LogP contribution < -0.4 is 5.32 Å². The highest BCUT2D eigenvalue weighted by Gasteiger charge is 2.71. The maximum Gasteiger partial charge on any atom is 0.308 e. The molecule has 0 bridgehead atoms. The van der Waals surface area contributed by atoms with Gasteiger partial charge in [0.2, 0.25) is 11.8 Å². The number of carbonyl (C=O) groups excluding carboxylic acids is 2. The van der Waals surface area contributed by atoms with Gasteiger partial charge in [-0.1, -0.05) is 0 Å². The largest absolute Gasteiger partial charge is 0.481 e. The van der Waals surface area contributed by atoms with E-state index < -0.39 is 23.7 Å². The lowest BCUT2D eigenvalue weighted by molar-refractivity contribution is -0.150. The fourth-order valence-electron chi connectivity index (χ4n) is 2.88. The third-order valence-corrected chi connectivity index (χ3v) is 3.75. The fraction of sp³-hybridized carbons (Fsp3) is 0.700. The molecule has 2 amide bonds. The normalized spacial score (nSPS) is 41.4. The lowest BCUT2D eigenvalue weighted by atomic mass is 10.2. The van der Waals surface area contributed by atoms with Crippen molar-refractivity contribution < 1.29 is 19.5 Å². The highest BCUT2D eigenvalue weighted by molar-refractivity contribution is 6.13. The van der Waals surface area contributed by atoms with Gasteiger partial charge in [-0.15, -0.1) is 0 Å². The van der Waals surface area contributed by atoms with Gasteiger partial charge in [0, 0.05) is 6.54 Å². The van der Waals surface area contributed by atoms with Crippen LogP contribution in [0.3, 0.4) is 0 Å². The van der Waals surface area contributed by atoms with Crippen molar-refractivity contribution in [2.24, 2.45) is 17.8 Å². The molecule has 2 saturated heterocycles. The van der Waals surface area contributed by atoms with Gasteiger partial charge in [0.1, 0.15) is 0 Å². The van der Waals surface area contributed by atoms with Crippen molar-refractivity contribution in [3.63, 3.8) is 0 Å². The number of hydrogen-bond acceptors (Lipinski definition) is 4. The van der Waals surface area contributed by atoms with Gasteiger partial charge >= 0.3 is 5.97 Å². The number of amides is 2. The Morgan fingerprint density at radius 1 is 1.31 bits per heavy atom. The molecular formula is C10H12N2O4. The van der Waals surface area contributed by atoms with Gasteiger partial charge < -0.3 is 10.4 Å². The molecular weight excluding hydrogens is 212 g/mol. The molecule has 0 aromatic rings. The molecule has 3 aliphatic rings. The summed E-state index contributed by atoms with van der Waals surface area (Å²) < 4.78 is 0. The van der Waals surface area contributed by atoms with Crippen molar-refractivity contribution in [2.45, 2.75) is 12.5 Å². The van der Waals surface area contributed by atoms with Gasteiger partial charge in [0.15, 0.2) is 0 Å². The molecule has 0 radical (unpaired) electrons. The van der Waals surface area contributed by atoms with Gasteiger partial charge in [-0.2, -0.15) is 0 Å². The van der Waals surface area contributed by atoms with Crippen molar-refractivity contribution in [1.29, 1.82) is 0 Å². The number of aliphatic carboxylic acids is 1. The van der Waals surface area contributed by atoms with E-state index in [1.807, 2.05) is 0 Å². The summed E-state index contributed by atoms with van der Waals surface area (Å²) in [6.45, 7) is 1.44. The Morgan fingerprint density at radius 2 is 1.94 bits per heavy atom. The summed E-state index contributed by atoms with van der Waals surface area (Å²) >= 11 is 0. The summed E-state index contributed by atoms with van der Waals surface area (Å²) in [4.78, 5) is 35.8. The number of fused-ring (bicyclic) bond motifs is 1. The van der Waals surface area contributed by atoms with Crippen LogP contribution in [0.4, 0.5) is 0 Å². The minimum Gasteiger partial charge on any atom is -0.481 e. The van der Waals surface area contributed by atoms with Gasteiger partial charge in [-0.25, -0.2) is 0 Å². The topological polar surface area (TPSA) is 86.7 Å². The second-order valence-electron chi connectivity index (χ2n) is 4.61. The van der Waals surface area contributed by atoms with E-state index in [9.17, 15) is 14.4 Å². The zero-order chi connectivity index (χ0) is 11.4. The third kappa shape index (κ3) is 1.07. The Bertz CT molecular complexity index is 366. The molecule has 3 rings (SSSR count). The Kier molecular flexibility index (Phi) is 1.85. The van der Waals surface area contributed by atoms with Gasteiger partial charge in [0.25, 0.3) is 0 Å². The van der Waals surface area contributed by atoms with Crippen molar-refractivity contribution >= 4 is 17.8 Å². The lowest BCUT2D eigenvalue weighted by Crippen LogP contribution is -2.44. The number of likely N-dealkylation sites (tertiary alicyclic amines) is 1. The number of carboxylic acid groups (broad SMARTS) is 1. The number of rotatable bonds is 2. The second-order valence-corrected chi connectivity index (χ2v) is 4.61. The number of hydrogen-bond donors (Lipinski definition) is 2. The summed E-state index contributed by atoms with van der Waals surface area (Å²) in [7, 11) is 0. The van der Waals surface area contributed by atoms with E-state index in [1.54, 1.807) is 0 Å². The van der Waals surface area contributed by atoms with Crippen LogP contribution in [0, 0.1) is 17.8 Å². The Hall–Kier alpha value is -1.43. The van der Waals surface area contributed by atoms with Crippen molar-refractivity contribution in [1.82, 2.24) is 10.2 Å². The minimum atomic E-state index is -1.03. The van der Waals surface area contributed by atoms with E-state index in [1.165, 1.54) is 4.90 Å². The highest BCUT2D eigenvalue weighted by atomic mass is 16.4. The molecule has 3 fully saturated rings. The first-order valence-electron chi connectivity index (χ1n) is 5.43. The molecule has 0 aromatic carbocycles. The van der Waals surface area contributed by atoms with Crippen LogP contribution in [-0.4, -0.2) is 46.9 Å². The molecule has 2 heterocycles. The first kappa shape index (κ1) is 9.77. The number of imide groups is 1. The number of piperidine rings is 1. The van der Waals surface area contributed by atoms with Crippen LogP contribution in [0.2, 0.25) is 0 Å². The third-order valence-electron chi connectivity index (χ3n) is 3.75. The molecule has 3 atom stereocenters. The van der Waals surface area contributed by atoms with Crippen molar-refractivity contribution in [3.05, 3.63) is 0 Å². The number of carboxylic acids is 1. The van der Waals surface area contributed by atoms with Crippen LogP contribution in [0.25, 0.3) is 0 Å². The van der Waals surface area contributed by atoms with Crippen LogP contribution >= 0.6 is 0 Å². The predicted molar refractivity (Wildman–Crippen MR) is 51.2 cm³/mol. The number of nitrogens with zero attached hydrogens (tertiary/aromatic N) is 1. The van der Waals surface area contributed by atoms with E-state index >= 15 is 0 Å². The van der Waals surface area contributed by atoms with Crippen LogP contribution in [0.5, 0.6) is 0 Å². The van der Waals surface area contributed by atoms with E-state index in [0.717, 1.165) is 13.0 Å². The quantitative estimate of drug-likeness (QED) is 0.567. The molecule has 6 nitrogen and oxygen atoms in total. The predicted octanol–water partition coefficient (Wildman–Crippen LogP) is -1.34. The smallest absolute Gasteiger partial charge is 0.308 e. The number of carbonyl (C=O) groups is 3. The van der Waals surface area contributed by atoms with Gasteiger partial charge in [0.05, 0.1) is 23.8 Å². The summed E-state index contributed by atoms with van der Waals surface area (Å²) in [5.41, 5.74) is 0. The zero-order valence-electron chi connectivity index (χ0n) is 8.55. The lowest BCUT2D eigenvalue weighted by Gasteiger charge is -2.23. The molecule has 6 heteroatoms. The minimum absolute atomic E-state index is 0.0674. The Labute approximate surface area is 91.6 Å². The summed E-state index contributed by atoms with van der Waals surface area (Å²) in [6.07, 6.45) is 0.772. The van der Waals surface area contributed by atoms with E-state index in [2.05, 4.69) is 5.32 Å².